The Morgan fingerprint density at radius 3 is 2.51 bits per heavy atom. The van der Waals surface area contributed by atoms with Gasteiger partial charge in [-0.25, -0.2) is 0 Å². The topological polar surface area (TPSA) is 151 Å². The van der Waals surface area contributed by atoms with Crippen molar-refractivity contribution in [2.75, 3.05) is 11.4 Å². The van der Waals surface area contributed by atoms with Gasteiger partial charge in [0.2, 0.25) is 5.91 Å². The minimum Gasteiger partial charge on any atom is -0.508 e. The summed E-state index contributed by atoms with van der Waals surface area (Å²) in [6.45, 7) is 7.22. The number of aliphatic hydroxyl groups excluding tert-OH is 2. The number of ketones is 1. The number of aliphatic hydroxyl groups is 4. The van der Waals surface area contributed by atoms with Crippen molar-refractivity contribution in [2.45, 2.75) is 159 Å². The number of phenolic OH excluding ortho intramolecular Hbond substituents is 1. The summed E-state index contributed by atoms with van der Waals surface area (Å²) in [5.41, 5.74) is -1.90. The number of aromatic hydroxyl groups is 1. The molecule has 57 heavy (non-hydrogen) atoms. The van der Waals surface area contributed by atoms with Gasteiger partial charge in [-0.05, 0) is 141 Å². The fourth-order valence-electron chi connectivity index (χ4n) is 15.6. The van der Waals surface area contributed by atoms with Gasteiger partial charge in [-0.1, -0.05) is 58.6 Å². The van der Waals surface area contributed by atoms with Crippen molar-refractivity contribution in [3.63, 3.8) is 0 Å². The molecule has 2 saturated heterocycles. The number of rotatable bonds is 7. The second-order valence-electron chi connectivity index (χ2n) is 21.1. The summed E-state index contributed by atoms with van der Waals surface area (Å²) in [7, 11) is 0. The van der Waals surface area contributed by atoms with Crippen LogP contribution in [0.4, 0.5) is 5.69 Å². The van der Waals surface area contributed by atoms with Gasteiger partial charge in [-0.3, -0.25) is 9.59 Å². The largest absolute Gasteiger partial charge is 0.508 e. The van der Waals surface area contributed by atoms with E-state index in [0.29, 0.717) is 63.8 Å². The van der Waals surface area contributed by atoms with Crippen LogP contribution in [0.1, 0.15) is 123 Å². The average Bonchev–Trinajstić information content (AvgIpc) is 3.87. The number of anilines is 1. The highest BCUT2D eigenvalue weighted by atomic mass is 16.6. The highest BCUT2D eigenvalue weighted by Gasteiger charge is 2.76. The number of aryl methyl sites for hydroxylation is 1. The summed E-state index contributed by atoms with van der Waals surface area (Å²) >= 11 is 0. The number of amides is 1. The van der Waals surface area contributed by atoms with E-state index < -0.39 is 34.2 Å². The molecule has 9 aliphatic rings. The summed E-state index contributed by atoms with van der Waals surface area (Å²) in [5.74, 6) is -0.339. The van der Waals surface area contributed by atoms with Crippen LogP contribution in [0.25, 0.3) is 0 Å². The fourth-order valence-corrected chi connectivity index (χ4v) is 15.6. The average molecular weight is 784 g/mol. The van der Waals surface area contributed by atoms with Gasteiger partial charge >= 0.3 is 0 Å². The van der Waals surface area contributed by atoms with Crippen LogP contribution in [0, 0.1) is 57.7 Å². The summed E-state index contributed by atoms with van der Waals surface area (Å²) in [4.78, 5) is 30.4. The summed E-state index contributed by atoms with van der Waals surface area (Å²) in [6.07, 6.45) is 15.8. The highest BCUT2D eigenvalue weighted by molar-refractivity contribution is 6.00. The minimum atomic E-state index is -1.40. The fraction of sp³-hybridized carbons (Fsp3) is 0.750. The molecule has 9 heteroatoms. The lowest BCUT2D eigenvalue weighted by Gasteiger charge is -2.66. The van der Waals surface area contributed by atoms with Crippen molar-refractivity contribution in [1.29, 1.82) is 0 Å². The van der Waals surface area contributed by atoms with Crippen LogP contribution in [0.3, 0.4) is 0 Å². The number of nitrogens with zero attached hydrogens (tertiary/aromatic N) is 1. The van der Waals surface area contributed by atoms with Gasteiger partial charge in [0.1, 0.15) is 17.5 Å². The molecule has 0 radical (unpaired) electrons. The van der Waals surface area contributed by atoms with Crippen molar-refractivity contribution in [1.82, 2.24) is 0 Å². The predicted octanol–water partition coefficient (Wildman–Crippen LogP) is 6.56. The zero-order chi connectivity index (χ0) is 39.9. The number of fused-ring (bicyclic) bond motifs is 2. The van der Waals surface area contributed by atoms with Crippen molar-refractivity contribution < 1.29 is 39.9 Å². The third-order valence-electron chi connectivity index (χ3n) is 18.6. The van der Waals surface area contributed by atoms with Crippen molar-refractivity contribution in [3.05, 3.63) is 47.6 Å². The molecule has 0 aromatic heterocycles. The number of hydrogen-bond donors (Lipinski definition) is 5. The number of benzene rings is 1. The molecule has 1 amide bonds. The quantitative estimate of drug-likeness (QED) is 0.154. The van der Waals surface area contributed by atoms with E-state index in [9.17, 15) is 35.1 Å². The van der Waals surface area contributed by atoms with E-state index in [-0.39, 0.29) is 70.6 Å². The zero-order valence-electron chi connectivity index (χ0n) is 34.2. The minimum absolute atomic E-state index is 0.0261. The maximum atomic E-state index is 14.5. The van der Waals surface area contributed by atoms with Gasteiger partial charge in [-0.15, -0.1) is 0 Å². The molecular weight excluding hydrogens is 719 g/mol. The number of ether oxygens (including phenoxy) is 1. The molecule has 9 nitrogen and oxygen atoms in total. The van der Waals surface area contributed by atoms with E-state index >= 15 is 0 Å². The molecular formula is C48H65NO8. The molecule has 2 heterocycles. The van der Waals surface area contributed by atoms with E-state index in [4.69, 9.17) is 4.74 Å². The number of allylic oxidation sites excluding steroid dienone is 2. The maximum absolute atomic E-state index is 14.5. The molecule has 5 N–H and O–H groups in total. The first-order chi connectivity index (χ1) is 27.2. The molecule has 2 bridgehead atoms. The van der Waals surface area contributed by atoms with E-state index in [2.05, 4.69) is 39.0 Å². The summed E-state index contributed by atoms with van der Waals surface area (Å²) < 4.78 is 6.47. The Labute approximate surface area is 337 Å². The second kappa shape index (κ2) is 13.2. The molecule has 310 valence electrons. The van der Waals surface area contributed by atoms with Crippen LogP contribution in [-0.4, -0.2) is 79.4 Å². The third-order valence-corrected chi connectivity index (χ3v) is 18.6. The summed E-state index contributed by atoms with van der Waals surface area (Å²) in [6, 6.07) is 5.55. The van der Waals surface area contributed by atoms with Gasteiger partial charge in [0, 0.05) is 35.5 Å². The Balaban J connectivity index is 1.05. The molecule has 2 aliphatic heterocycles. The van der Waals surface area contributed by atoms with Crippen LogP contribution in [0.15, 0.2) is 42.0 Å². The molecule has 14 atom stereocenters. The van der Waals surface area contributed by atoms with E-state index in [1.165, 1.54) is 6.42 Å². The lowest BCUT2D eigenvalue weighted by Crippen LogP contribution is -2.68. The normalized spacial score (nSPS) is 46.0. The molecule has 1 aromatic rings. The first-order valence-electron chi connectivity index (χ1n) is 22.7. The first kappa shape index (κ1) is 38.6. The van der Waals surface area contributed by atoms with Crippen LogP contribution in [0.5, 0.6) is 5.75 Å². The Morgan fingerprint density at radius 2 is 1.74 bits per heavy atom. The van der Waals surface area contributed by atoms with Gasteiger partial charge < -0.3 is 35.2 Å². The number of carbonyl (C=O) groups is 2. The van der Waals surface area contributed by atoms with E-state index in [1.54, 1.807) is 18.2 Å². The van der Waals surface area contributed by atoms with Gasteiger partial charge in [0.15, 0.2) is 5.78 Å². The van der Waals surface area contributed by atoms with E-state index in [1.807, 2.05) is 4.90 Å². The molecule has 7 aliphatic carbocycles. The zero-order valence-corrected chi connectivity index (χ0v) is 34.2. The lowest BCUT2D eigenvalue weighted by molar-refractivity contribution is -0.202. The van der Waals surface area contributed by atoms with Crippen molar-refractivity contribution in [2.24, 2.45) is 57.7 Å². The molecule has 7 fully saturated rings. The molecule has 1 spiro atoms. The number of epoxide rings is 1. The molecule has 1 aromatic carbocycles. The third kappa shape index (κ3) is 5.29. The Morgan fingerprint density at radius 1 is 0.947 bits per heavy atom. The summed E-state index contributed by atoms with van der Waals surface area (Å²) in [5, 5.41) is 60.7. The Bertz CT molecular complexity index is 1880. The van der Waals surface area contributed by atoms with E-state index in [0.717, 1.165) is 61.8 Å². The second-order valence-corrected chi connectivity index (χ2v) is 21.1. The standard InChI is InChI=1S/C48H65NO8/c1-27(2)28(3)41-42(57-41)47(55)16-7-9-30-23-34-35(25-36(51)39-33-10-8-15-45(34,39)26-37(52)40(33)53)48(56)18-12-38(47)46(30,48)17-11-29-21-31(24-32(50)22-29)49-20-19-44(43(49)54)13-5-4-6-14-44/h7,9,21-22,24-25,27-28,30,33-34,37-42,50,52-53,55-56H,4-6,8,10-20,23,26H2,1-3H3. The maximum Gasteiger partial charge on any atom is 0.233 e. The predicted molar refractivity (Wildman–Crippen MR) is 215 cm³/mol. The number of hydrogen-bond acceptors (Lipinski definition) is 8. The smallest absolute Gasteiger partial charge is 0.233 e. The van der Waals surface area contributed by atoms with Crippen LogP contribution < -0.4 is 4.90 Å². The number of phenols is 1. The lowest BCUT2D eigenvalue weighted by atomic mass is 9.39. The molecule has 14 unspecified atom stereocenters. The number of carbonyl (C=O) groups excluding carboxylic acids is 2. The highest BCUT2D eigenvalue weighted by Crippen LogP contribution is 2.75. The molecule has 5 saturated carbocycles. The Hall–Kier alpha value is -2.56. The van der Waals surface area contributed by atoms with Gasteiger partial charge in [0.05, 0.1) is 29.3 Å². The van der Waals surface area contributed by atoms with Gasteiger partial charge in [-0.2, -0.15) is 0 Å². The van der Waals surface area contributed by atoms with Crippen molar-refractivity contribution >= 4 is 17.4 Å². The Kier molecular flexibility index (Phi) is 8.96. The van der Waals surface area contributed by atoms with Crippen LogP contribution >= 0.6 is 0 Å². The monoisotopic (exact) mass is 783 g/mol. The van der Waals surface area contributed by atoms with Gasteiger partial charge in [0.25, 0.3) is 0 Å². The SMILES string of the molecule is CC(C)C(C)C1OC1C1(O)CC=CC2CC3C(=CC(=O)C4C5CCCC34CC(O)C5O)C3(O)CCC1C23CCc1cc(O)cc(N2CCC3(CCCCC3)C2=O)c1. The van der Waals surface area contributed by atoms with Crippen LogP contribution in [-0.2, 0) is 20.7 Å². The molecule has 10 rings (SSSR count). The first-order valence-corrected chi connectivity index (χ1v) is 22.7. The van der Waals surface area contributed by atoms with Crippen molar-refractivity contribution in [3.8, 4) is 5.75 Å². The van der Waals surface area contributed by atoms with Crippen LogP contribution in [0.2, 0.25) is 0 Å².